The number of nitrogens with zero attached hydrogens (tertiary/aromatic N) is 1. The molecule has 1 atom stereocenters. The SMILES string of the molecule is CCNC(Cc1ncc[nH]1)c1ccccc1SC. The van der Waals surface area contributed by atoms with E-state index in [2.05, 4.69) is 52.7 Å². The van der Waals surface area contributed by atoms with Crippen LogP contribution in [0.15, 0.2) is 41.6 Å². The standard InChI is InChI=1S/C14H19N3S/c1-3-15-12(10-14-16-8-9-17-14)11-6-4-5-7-13(11)18-2/h4-9,12,15H,3,10H2,1-2H3,(H,16,17). The predicted octanol–water partition coefficient (Wildman–Crippen LogP) is 3.02. The maximum Gasteiger partial charge on any atom is 0.107 e. The Bertz CT molecular complexity index is 468. The second-order valence-electron chi connectivity index (χ2n) is 4.09. The summed E-state index contributed by atoms with van der Waals surface area (Å²) in [5.41, 5.74) is 1.35. The Morgan fingerprint density at radius 3 is 2.89 bits per heavy atom. The molecule has 0 saturated heterocycles. The van der Waals surface area contributed by atoms with Crippen molar-refractivity contribution >= 4 is 11.8 Å². The van der Waals surface area contributed by atoms with E-state index < -0.39 is 0 Å². The monoisotopic (exact) mass is 261 g/mol. The molecule has 2 rings (SSSR count). The maximum absolute atomic E-state index is 4.32. The molecule has 0 aliphatic carbocycles. The van der Waals surface area contributed by atoms with E-state index in [0.29, 0.717) is 6.04 Å². The smallest absolute Gasteiger partial charge is 0.107 e. The number of hydrogen-bond donors (Lipinski definition) is 2. The Kier molecular flexibility index (Phi) is 4.84. The van der Waals surface area contributed by atoms with Crippen molar-refractivity contribution in [1.29, 1.82) is 0 Å². The Morgan fingerprint density at radius 1 is 1.39 bits per heavy atom. The number of aromatic nitrogens is 2. The van der Waals surface area contributed by atoms with Gasteiger partial charge in [-0.3, -0.25) is 0 Å². The Hall–Kier alpha value is -1.26. The lowest BCUT2D eigenvalue weighted by molar-refractivity contribution is 0.532. The Balaban J connectivity index is 2.23. The average molecular weight is 261 g/mol. The van der Waals surface area contributed by atoms with Gasteiger partial charge in [0, 0.05) is 29.8 Å². The highest BCUT2D eigenvalue weighted by Crippen LogP contribution is 2.27. The van der Waals surface area contributed by atoms with E-state index in [1.54, 1.807) is 18.0 Å². The Labute approximate surface area is 112 Å². The fourth-order valence-corrected chi connectivity index (χ4v) is 2.76. The largest absolute Gasteiger partial charge is 0.349 e. The average Bonchev–Trinajstić information content (AvgIpc) is 2.91. The van der Waals surface area contributed by atoms with Crippen molar-refractivity contribution in [2.45, 2.75) is 24.3 Å². The van der Waals surface area contributed by atoms with Crippen LogP contribution < -0.4 is 5.32 Å². The maximum atomic E-state index is 4.32. The number of imidazole rings is 1. The van der Waals surface area contributed by atoms with E-state index in [-0.39, 0.29) is 0 Å². The van der Waals surface area contributed by atoms with E-state index in [9.17, 15) is 0 Å². The minimum Gasteiger partial charge on any atom is -0.349 e. The van der Waals surface area contributed by atoms with Gasteiger partial charge in [0.15, 0.2) is 0 Å². The van der Waals surface area contributed by atoms with Crippen LogP contribution in [0.5, 0.6) is 0 Å². The van der Waals surface area contributed by atoms with Crippen molar-refractivity contribution < 1.29 is 0 Å². The molecule has 2 aromatic rings. The number of likely N-dealkylation sites (N-methyl/N-ethyl adjacent to an activating group) is 1. The van der Waals surface area contributed by atoms with Crippen LogP contribution in [-0.2, 0) is 6.42 Å². The van der Waals surface area contributed by atoms with Crippen molar-refractivity contribution in [2.24, 2.45) is 0 Å². The predicted molar refractivity (Wildman–Crippen MR) is 76.9 cm³/mol. The summed E-state index contributed by atoms with van der Waals surface area (Å²) in [6.45, 7) is 3.09. The first-order chi connectivity index (χ1) is 8.85. The molecule has 0 spiro atoms. The molecule has 4 heteroatoms. The van der Waals surface area contributed by atoms with Gasteiger partial charge in [-0.1, -0.05) is 25.1 Å². The summed E-state index contributed by atoms with van der Waals surface area (Å²) >= 11 is 1.79. The molecular formula is C14H19N3S. The van der Waals surface area contributed by atoms with Gasteiger partial charge in [-0.2, -0.15) is 0 Å². The van der Waals surface area contributed by atoms with Gasteiger partial charge in [0.2, 0.25) is 0 Å². The minimum atomic E-state index is 0.310. The molecule has 0 radical (unpaired) electrons. The molecule has 0 bridgehead atoms. The van der Waals surface area contributed by atoms with Gasteiger partial charge in [0.1, 0.15) is 5.82 Å². The number of hydrogen-bond acceptors (Lipinski definition) is 3. The molecule has 3 nitrogen and oxygen atoms in total. The van der Waals surface area contributed by atoms with Gasteiger partial charge in [-0.15, -0.1) is 11.8 Å². The van der Waals surface area contributed by atoms with Crippen LogP contribution in [0, 0.1) is 0 Å². The topological polar surface area (TPSA) is 40.7 Å². The number of thioether (sulfide) groups is 1. The Morgan fingerprint density at radius 2 is 2.22 bits per heavy atom. The molecule has 0 amide bonds. The third kappa shape index (κ3) is 3.15. The normalized spacial score (nSPS) is 12.6. The molecule has 1 heterocycles. The van der Waals surface area contributed by atoms with E-state index in [1.807, 2.05) is 6.20 Å². The highest BCUT2D eigenvalue weighted by Gasteiger charge is 2.15. The van der Waals surface area contributed by atoms with Crippen LogP contribution in [0.2, 0.25) is 0 Å². The zero-order valence-corrected chi connectivity index (χ0v) is 11.6. The van der Waals surface area contributed by atoms with E-state index in [4.69, 9.17) is 0 Å². The first-order valence-electron chi connectivity index (χ1n) is 6.19. The van der Waals surface area contributed by atoms with E-state index in [1.165, 1.54) is 10.5 Å². The van der Waals surface area contributed by atoms with Gasteiger partial charge in [0.05, 0.1) is 0 Å². The van der Waals surface area contributed by atoms with Gasteiger partial charge < -0.3 is 10.3 Å². The molecule has 1 unspecified atom stereocenters. The third-order valence-corrected chi connectivity index (χ3v) is 3.73. The fraction of sp³-hybridized carbons (Fsp3) is 0.357. The summed E-state index contributed by atoms with van der Waals surface area (Å²) < 4.78 is 0. The number of rotatable bonds is 6. The molecule has 1 aromatic heterocycles. The van der Waals surface area contributed by atoms with Gasteiger partial charge in [0.25, 0.3) is 0 Å². The van der Waals surface area contributed by atoms with Gasteiger partial charge >= 0.3 is 0 Å². The molecule has 0 fully saturated rings. The number of nitrogens with one attached hydrogen (secondary N) is 2. The van der Waals surface area contributed by atoms with Crippen molar-refractivity contribution in [3.05, 3.63) is 48.0 Å². The molecule has 96 valence electrons. The summed E-state index contributed by atoms with van der Waals surface area (Å²) in [6, 6.07) is 8.87. The molecule has 1 aromatic carbocycles. The highest BCUT2D eigenvalue weighted by atomic mass is 32.2. The summed E-state index contributed by atoms with van der Waals surface area (Å²) in [4.78, 5) is 8.82. The van der Waals surface area contributed by atoms with Crippen molar-refractivity contribution in [1.82, 2.24) is 15.3 Å². The molecular weight excluding hydrogens is 242 g/mol. The van der Waals surface area contributed by atoms with Crippen molar-refractivity contribution in [2.75, 3.05) is 12.8 Å². The van der Waals surface area contributed by atoms with Gasteiger partial charge in [-0.25, -0.2) is 4.98 Å². The first-order valence-corrected chi connectivity index (χ1v) is 7.42. The molecule has 2 N–H and O–H groups in total. The van der Waals surface area contributed by atoms with Crippen molar-refractivity contribution in [3.8, 4) is 0 Å². The lowest BCUT2D eigenvalue weighted by Gasteiger charge is -2.19. The van der Waals surface area contributed by atoms with E-state index in [0.717, 1.165) is 18.8 Å². The molecule has 0 aliphatic rings. The van der Waals surface area contributed by atoms with Crippen LogP contribution in [0.4, 0.5) is 0 Å². The first kappa shape index (κ1) is 13.2. The zero-order valence-electron chi connectivity index (χ0n) is 10.8. The molecule has 0 aliphatic heterocycles. The summed E-state index contributed by atoms with van der Waals surface area (Å²) in [5.74, 6) is 1.02. The lowest BCUT2D eigenvalue weighted by Crippen LogP contribution is -2.24. The van der Waals surface area contributed by atoms with Crippen LogP contribution in [0.25, 0.3) is 0 Å². The van der Waals surface area contributed by atoms with Crippen molar-refractivity contribution in [3.63, 3.8) is 0 Å². The quantitative estimate of drug-likeness (QED) is 0.785. The second kappa shape index (κ2) is 6.61. The number of aromatic amines is 1. The van der Waals surface area contributed by atoms with Gasteiger partial charge in [-0.05, 0) is 24.4 Å². The fourth-order valence-electron chi connectivity index (χ4n) is 2.10. The third-order valence-electron chi connectivity index (χ3n) is 2.92. The number of benzene rings is 1. The zero-order chi connectivity index (χ0) is 12.8. The second-order valence-corrected chi connectivity index (χ2v) is 4.94. The highest BCUT2D eigenvalue weighted by molar-refractivity contribution is 7.98. The van der Waals surface area contributed by atoms with Crippen LogP contribution >= 0.6 is 11.8 Å². The van der Waals surface area contributed by atoms with Crippen LogP contribution in [-0.4, -0.2) is 22.8 Å². The molecule has 18 heavy (non-hydrogen) atoms. The van der Waals surface area contributed by atoms with Crippen LogP contribution in [0.3, 0.4) is 0 Å². The number of H-pyrrole nitrogens is 1. The van der Waals surface area contributed by atoms with E-state index >= 15 is 0 Å². The summed E-state index contributed by atoms with van der Waals surface area (Å²) in [7, 11) is 0. The van der Waals surface area contributed by atoms with Crippen LogP contribution in [0.1, 0.15) is 24.4 Å². The summed E-state index contributed by atoms with van der Waals surface area (Å²) in [5, 5.41) is 3.54. The summed E-state index contributed by atoms with van der Waals surface area (Å²) in [6.07, 6.45) is 6.69. The molecule has 0 saturated carbocycles. The lowest BCUT2D eigenvalue weighted by atomic mass is 10.0. The minimum absolute atomic E-state index is 0.310.